The van der Waals surface area contributed by atoms with Crippen LogP contribution < -0.4 is 4.43 Å². The van der Waals surface area contributed by atoms with E-state index in [9.17, 15) is 10.1 Å². The lowest BCUT2D eigenvalue weighted by Gasteiger charge is -2.17. The van der Waals surface area contributed by atoms with Gasteiger partial charge in [0.15, 0.2) is 0 Å². The van der Waals surface area contributed by atoms with Crippen molar-refractivity contribution in [3.63, 3.8) is 0 Å². The van der Waals surface area contributed by atoms with E-state index in [4.69, 9.17) is 0 Å². The maximum Gasteiger partial charge on any atom is 0.286 e. The lowest BCUT2D eigenvalue weighted by molar-refractivity contribution is -0.463. The van der Waals surface area contributed by atoms with Crippen LogP contribution in [0, 0.1) is 24.0 Å². The first-order valence-corrected chi connectivity index (χ1v) is 6.40. The van der Waals surface area contributed by atoms with Crippen LogP contribution in [0.2, 0.25) is 0 Å². The Bertz CT molecular complexity index is 852. The third-order valence-corrected chi connectivity index (χ3v) is 3.58. The Kier molecular flexibility index (Phi) is 2.79. The van der Waals surface area contributed by atoms with Gasteiger partial charge in [0.1, 0.15) is 11.2 Å². The lowest BCUT2D eigenvalue weighted by atomic mass is 10.1. The molecule has 0 aliphatic carbocycles. The van der Waals surface area contributed by atoms with Gasteiger partial charge in [-0.2, -0.15) is 0 Å². The number of hydrogen-bond donors (Lipinski definition) is 0. The first kappa shape index (κ1) is 12.4. The number of rotatable bonds is 1. The van der Waals surface area contributed by atoms with Gasteiger partial charge in [-0.05, 0) is 31.0 Å². The number of fused-ring (bicyclic) bond motifs is 1. The third-order valence-electron chi connectivity index (χ3n) is 3.58. The largest absolute Gasteiger partial charge is 0.805 e. The molecule has 0 atom stereocenters. The smallest absolute Gasteiger partial charge is 0.286 e. The highest BCUT2D eigenvalue weighted by molar-refractivity contribution is 5.77. The molecule has 0 unspecified atom stereocenters. The summed E-state index contributed by atoms with van der Waals surface area (Å²) in [5.41, 5.74) is 3.86. The molecular weight excluding hydrogens is 252 g/mol. The van der Waals surface area contributed by atoms with Crippen molar-refractivity contribution in [3.8, 4) is 11.3 Å². The molecule has 1 aromatic heterocycles. The summed E-state index contributed by atoms with van der Waals surface area (Å²) in [4.78, 5) is 12.2. The standard InChI is InChI=1S/C16H14N2O2/c1-11-8-14-15(9-12(11)2)18(20)16(10-17(14)19)13-6-4-3-5-7-13/h3-10H,1-2H3. The van der Waals surface area contributed by atoms with Gasteiger partial charge < -0.3 is 9.94 Å². The van der Waals surface area contributed by atoms with E-state index in [1.54, 1.807) is 12.1 Å². The minimum Gasteiger partial charge on any atom is -0.805 e. The molecule has 0 fully saturated rings. The maximum atomic E-state index is 12.5. The van der Waals surface area contributed by atoms with E-state index in [-0.39, 0.29) is 0 Å². The second-order valence-electron chi connectivity index (χ2n) is 4.93. The Morgan fingerprint density at radius 2 is 1.70 bits per heavy atom. The molecule has 3 rings (SSSR count). The van der Waals surface area contributed by atoms with Gasteiger partial charge in [-0.1, -0.05) is 30.3 Å². The number of nitrogens with zero attached hydrogens (tertiary/aromatic N) is 2. The van der Waals surface area contributed by atoms with Gasteiger partial charge in [0.2, 0.25) is 0 Å². The van der Waals surface area contributed by atoms with E-state index in [1.165, 1.54) is 6.20 Å². The molecule has 0 aliphatic heterocycles. The van der Waals surface area contributed by atoms with Crippen molar-refractivity contribution in [1.82, 2.24) is 4.73 Å². The molecule has 0 N–H and O–H groups in total. The van der Waals surface area contributed by atoms with E-state index in [0.717, 1.165) is 25.8 Å². The van der Waals surface area contributed by atoms with Gasteiger partial charge in [0, 0.05) is 16.5 Å². The van der Waals surface area contributed by atoms with E-state index in [0.29, 0.717) is 16.7 Å². The van der Waals surface area contributed by atoms with Gasteiger partial charge >= 0.3 is 0 Å². The molecule has 0 saturated heterocycles. The molecule has 1 heterocycles. The topological polar surface area (TPSA) is 51.0 Å². The molecule has 20 heavy (non-hydrogen) atoms. The number of aryl methyl sites for hydroxylation is 2. The molecule has 0 saturated carbocycles. The van der Waals surface area contributed by atoms with Crippen molar-refractivity contribution < 1.29 is 4.43 Å². The van der Waals surface area contributed by atoms with Gasteiger partial charge in [0.05, 0.1) is 4.43 Å². The normalized spacial score (nSPS) is 10.9. The first-order chi connectivity index (χ1) is 9.58. The molecule has 3 aromatic rings. The zero-order chi connectivity index (χ0) is 14.3. The SMILES string of the molecule is Cc1cc2c(cc1C)[n+](=O)cc(-c1ccccc1)n2[O-]. The predicted molar refractivity (Wildman–Crippen MR) is 79.0 cm³/mol. The fraction of sp³-hybridized carbons (Fsp3) is 0.125. The molecule has 0 aliphatic rings. The van der Waals surface area contributed by atoms with Crippen LogP contribution in [0.3, 0.4) is 0 Å². The highest BCUT2D eigenvalue weighted by atomic mass is 16.5. The highest BCUT2D eigenvalue weighted by Gasteiger charge is 2.14. The molecule has 2 aromatic carbocycles. The number of hydrogen-bond acceptors (Lipinski definition) is 2. The summed E-state index contributed by atoms with van der Waals surface area (Å²) in [5, 5.41) is 12.5. The summed E-state index contributed by atoms with van der Waals surface area (Å²) in [6, 6.07) is 12.7. The van der Waals surface area contributed by atoms with Gasteiger partial charge in [-0.3, -0.25) is 0 Å². The van der Waals surface area contributed by atoms with Crippen molar-refractivity contribution in [2.45, 2.75) is 13.8 Å². The Hall–Kier alpha value is -2.62. The molecule has 0 radical (unpaired) electrons. The predicted octanol–water partition coefficient (Wildman–Crippen LogP) is 3.19. The van der Waals surface area contributed by atoms with Crippen LogP contribution in [0.5, 0.6) is 0 Å². The van der Waals surface area contributed by atoms with Crippen LogP contribution >= 0.6 is 0 Å². The van der Waals surface area contributed by atoms with Gasteiger partial charge in [-0.15, -0.1) is 0 Å². The van der Waals surface area contributed by atoms with E-state index in [2.05, 4.69) is 0 Å². The Labute approximate surface area is 116 Å². The Morgan fingerprint density at radius 3 is 2.40 bits per heavy atom. The summed E-state index contributed by atoms with van der Waals surface area (Å²) >= 11 is 0. The average Bonchev–Trinajstić information content (AvgIpc) is 2.46. The fourth-order valence-corrected chi connectivity index (χ4v) is 2.29. The molecular formula is C16H14N2O2. The van der Waals surface area contributed by atoms with Gasteiger partial charge in [0.25, 0.3) is 11.7 Å². The molecule has 0 spiro atoms. The van der Waals surface area contributed by atoms with Crippen molar-refractivity contribution in [3.05, 3.63) is 69.9 Å². The quantitative estimate of drug-likeness (QED) is 0.635. The second kappa shape index (κ2) is 4.49. The van der Waals surface area contributed by atoms with Crippen LogP contribution in [0.4, 0.5) is 0 Å². The minimum absolute atomic E-state index is 0.358. The summed E-state index contributed by atoms with van der Waals surface area (Å²) in [5.74, 6) is 0. The van der Waals surface area contributed by atoms with Crippen LogP contribution in [0.15, 0.2) is 48.7 Å². The van der Waals surface area contributed by atoms with Crippen molar-refractivity contribution in [2.24, 2.45) is 0 Å². The molecule has 0 amide bonds. The summed E-state index contributed by atoms with van der Waals surface area (Å²) in [6.07, 6.45) is 1.33. The Morgan fingerprint density at radius 1 is 1.05 bits per heavy atom. The fourth-order valence-electron chi connectivity index (χ4n) is 2.29. The molecule has 4 nitrogen and oxygen atoms in total. The zero-order valence-electron chi connectivity index (χ0n) is 11.3. The van der Waals surface area contributed by atoms with E-state index in [1.807, 2.05) is 44.2 Å². The molecule has 100 valence electrons. The third kappa shape index (κ3) is 1.86. The summed E-state index contributed by atoms with van der Waals surface area (Å²) < 4.78 is 1.59. The van der Waals surface area contributed by atoms with Crippen molar-refractivity contribution in [1.29, 1.82) is 0 Å². The van der Waals surface area contributed by atoms with Crippen molar-refractivity contribution in [2.75, 3.05) is 0 Å². The minimum atomic E-state index is 0.358. The summed E-state index contributed by atoms with van der Waals surface area (Å²) in [6.45, 7) is 3.86. The first-order valence-electron chi connectivity index (χ1n) is 6.40. The van der Waals surface area contributed by atoms with E-state index >= 15 is 0 Å². The lowest BCUT2D eigenvalue weighted by Crippen LogP contribution is -2.19. The second-order valence-corrected chi connectivity index (χ2v) is 4.93. The zero-order valence-corrected chi connectivity index (χ0v) is 11.3. The summed E-state index contributed by atoms with van der Waals surface area (Å²) in [7, 11) is 0. The maximum absolute atomic E-state index is 12.5. The molecule has 0 bridgehead atoms. The van der Waals surface area contributed by atoms with E-state index < -0.39 is 0 Å². The van der Waals surface area contributed by atoms with Crippen LogP contribution in [0.25, 0.3) is 22.3 Å². The monoisotopic (exact) mass is 266 g/mol. The molecule has 4 heteroatoms. The number of benzene rings is 2. The average molecular weight is 266 g/mol. The number of aromatic nitrogens is 2. The van der Waals surface area contributed by atoms with Gasteiger partial charge in [-0.25, -0.2) is 0 Å². The van der Waals surface area contributed by atoms with Crippen LogP contribution in [-0.4, -0.2) is 4.73 Å². The highest BCUT2D eigenvalue weighted by Crippen LogP contribution is 2.22. The Balaban J connectivity index is 2.40. The van der Waals surface area contributed by atoms with Crippen LogP contribution in [-0.2, 0) is 0 Å². The van der Waals surface area contributed by atoms with Crippen LogP contribution in [0.1, 0.15) is 11.1 Å². The van der Waals surface area contributed by atoms with Crippen molar-refractivity contribution >= 4 is 11.0 Å².